The maximum absolute atomic E-state index is 12.1. The minimum absolute atomic E-state index is 0.0537. The standard InChI is InChI=1S/C16H24N2O5S/c1-5-11(4)18-24(22,23)13-8-6-12(7-9-13)15(19)17-14(10(2)3)16(20)21/h6-11,14,18H,5H2,1-4H3,(H,17,19)(H,20,21). The smallest absolute Gasteiger partial charge is 0.326 e. The van der Waals surface area contributed by atoms with Crippen molar-refractivity contribution in [1.29, 1.82) is 0 Å². The van der Waals surface area contributed by atoms with Gasteiger partial charge in [-0.2, -0.15) is 0 Å². The van der Waals surface area contributed by atoms with Crippen molar-refractivity contribution in [2.75, 3.05) is 0 Å². The number of hydrogen-bond donors (Lipinski definition) is 3. The second-order valence-corrected chi connectivity index (χ2v) is 7.70. The largest absolute Gasteiger partial charge is 0.480 e. The summed E-state index contributed by atoms with van der Waals surface area (Å²) in [6.45, 7) is 7.01. The summed E-state index contributed by atoms with van der Waals surface area (Å²) in [5.74, 6) is -1.95. The number of benzene rings is 1. The third-order valence-electron chi connectivity index (χ3n) is 3.61. The molecule has 0 aliphatic rings. The average Bonchev–Trinajstić information content (AvgIpc) is 2.51. The SMILES string of the molecule is CCC(C)NS(=O)(=O)c1ccc(C(=O)NC(C(=O)O)C(C)C)cc1. The van der Waals surface area contributed by atoms with E-state index < -0.39 is 27.9 Å². The van der Waals surface area contributed by atoms with Crippen molar-refractivity contribution < 1.29 is 23.1 Å². The monoisotopic (exact) mass is 356 g/mol. The summed E-state index contributed by atoms with van der Waals surface area (Å²) >= 11 is 0. The van der Waals surface area contributed by atoms with Crippen LogP contribution in [-0.2, 0) is 14.8 Å². The maximum Gasteiger partial charge on any atom is 0.326 e. The molecule has 1 aromatic rings. The maximum atomic E-state index is 12.1. The Labute approximate surface area is 142 Å². The molecule has 0 saturated carbocycles. The third kappa shape index (κ3) is 5.31. The zero-order valence-corrected chi connectivity index (χ0v) is 15.1. The average molecular weight is 356 g/mol. The zero-order valence-electron chi connectivity index (χ0n) is 14.2. The van der Waals surface area contributed by atoms with E-state index in [1.54, 1.807) is 20.8 Å². The van der Waals surface area contributed by atoms with Crippen LogP contribution in [0.2, 0.25) is 0 Å². The Morgan fingerprint density at radius 2 is 1.67 bits per heavy atom. The number of carboxylic acids is 1. The fraction of sp³-hybridized carbons (Fsp3) is 0.500. The van der Waals surface area contributed by atoms with Crippen molar-refractivity contribution in [2.24, 2.45) is 5.92 Å². The number of carbonyl (C=O) groups excluding carboxylic acids is 1. The lowest BCUT2D eigenvalue weighted by Gasteiger charge is -2.18. The lowest BCUT2D eigenvalue weighted by Crippen LogP contribution is -2.44. The first kappa shape index (κ1) is 20.1. The van der Waals surface area contributed by atoms with Gasteiger partial charge in [0.25, 0.3) is 5.91 Å². The van der Waals surface area contributed by atoms with E-state index in [0.29, 0.717) is 6.42 Å². The van der Waals surface area contributed by atoms with E-state index in [1.807, 2.05) is 6.92 Å². The highest BCUT2D eigenvalue weighted by atomic mass is 32.2. The van der Waals surface area contributed by atoms with Gasteiger partial charge in [0.15, 0.2) is 0 Å². The molecule has 0 saturated heterocycles. The van der Waals surface area contributed by atoms with Gasteiger partial charge in [0, 0.05) is 11.6 Å². The molecule has 1 rings (SSSR count). The summed E-state index contributed by atoms with van der Waals surface area (Å²) in [6, 6.07) is 4.17. The summed E-state index contributed by atoms with van der Waals surface area (Å²) in [4.78, 5) is 23.3. The van der Waals surface area contributed by atoms with Gasteiger partial charge in [0.2, 0.25) is 10.0 Å². The van der Waals surface area contributed by atoms with E-state index in [2.05, 4.69) is 10.0 Å². The van der Waals surface area contributed by atoms with Crippen LogP contribution in [0.3, 0.4) is 0 Å². The van der Waals surface area contributed by atoms with Gasteiger partial charge in [0.05, 0.1) is 4.90 Å². The van der Waals surface area contributed by atoms with Crippen LogP contribution >= 0.6 is 0 Å². The predicted octanol–water partition coefficient (Wildman–Crippen LogP) is 1.60. The van der Waals surface area contributed by atoms with Crippen LogP contribution < -0.4 is 10.0 Å². The van der Waals surface area contributed by atoms with Crippen LogP contribution in [0.1, 0.15) is 44.5 Å². The van der Waals surface area contributed by atoms with Crippen LogP contribution in [-0.4, -0.2) is 37.5 Å². The van der Waals surface area contributed by atoms with Gasteiger partial charge < -0.3 is 10.4 Å². The van der Waals surface area contributed by atoms with Crippen LogP contribution in [0.25, 0.3) is 0 Å². The number of carbonyl (C=O) groups is 2. The van der Waals surface area contributed by atoms with Crippen LogP contribution in [0, 0.1) is 5.92 Å². The number of aliphatic carboxylic acids is 1. The summed E-state index contributed by atoms with van der Waals surface area (Å²) in [6.07, 6.45) is 0.658. The molecule has 2 atom stereocenters. The third-order valence-corrected chi connectivity index (χ3v) is 5.22. The molecule has 0 aliphatic carbocycles. The van der Waals surface area contributed by atoms with Crippen molar-refractivity contribution in [3.8, 4) is 0 Å². The Morgan fingerprint density at radius 1 is 1.12 bits per heavy atom. The van der Waals surface area contributed by atoms with Crippen molar-refractivity contribution in [3.05, 3.63) is 29.8 Å². The van der Waals surface area contributed by atoms with E-state index in [0.717, 1.165) is 0 Å². The Hall–Kier alpha value is -1.93. The lowest BCUT2D eigenvalue weighted by atomic mass is 10.0. The Balaban J connectivity index is 2.91. The highest BCUT2D eigenvalue weighted by Crippen LogP contribution is 2.12. The second-order valence-electron chi connectivity index (χ2n) is 5.99. The summed E-state index contributed by atoms with van der Waals surface area (Å²) in [5, 5.41) is 11.5. The first-order valence-corrected chi connectivity index (χ1v) is 9.22. The Kier molecular flexibility index (Phi) is 6.92. The van der Waals surface area contributed by atoms with Gasteiger partial charge in [-0.05, 0) is 43.5 Å². The first-order chi connectivity index (χ1) is 11.1. The highest BCUT2D eigenvalue weighted by molar-refractivity contribution is 7.89. The van der Waals surface area contributed by atoms with Crippen molar-refractivity contribution in [2.45, 2.75) is 51.1 Å². The molecule has 1 amide bonds. The van der Waals surface area contributed by atoms with E-state index in [4.69, 9.17) is 5.11 Å². The molecule has 0 heterocycles. The summed E-state index contributed by atoms with van der Waals surface area (Å²) in [5.41, 5.74) is 0.199. The first-order valence-electron chi connectivity index (χ1n) is 7.74. The molecular weight excluding hydrogens is 332 g/mol. The molecule has 0 spiro atoms. The van der Waals surface area contributed by atoms with Crippen molar-refractivity contribution >= 4 is 21.9 Å². The Bertz CT molecular complexity index is 683. The van der Waals surface area contributed by atoms with Gasteiger partial charge in [0.1, 0.15) is 6.04 Å². The molecule has 0 aromatic heterocycles. The molecule has 24 heavy (non-hydrogen) atoms. The van der Waals surface area contributed by atoms with Gasteiger partial charge >= 0.3 is 5.97 Å². The highest BCUT2D eigenvalue weighted by Gasteiger charge is 2.24. The van der Waals surface area contributed by atoms with Crippen molar-refractivity contribution in [3.63, 3.8) is 0 Å². The fourth-order valence-corrected chi connectivity index (χ4v) is 3.27. The van der Waals surface area contributed by atoms with Gasteiger partial charge in [-0.1, -0.05) is 20.8 Å². The fourth-order valence-electron chi connectivity index (χ4n) is 1.94. The van der Waals surface area contributed by atoms with Gasteiger partial charge in [-0.3, -0.25) is 4.79 Å². The minimum atomic E-state index is -3.64. The number of nitrogens with one attached hydrogen (secondary N) is 2. The van der Waals surface area contributed by atoms with Crippen molar-refractivity contribution in [1.82, 2.24) is 10.0 Å². The second kappa shape index (κ2) is 8.25. The van der Waals surface area contributed by atoms with Gasteiger partial charge in [-0.25, -0.2) is 17.9 Å². The molecule has 0 aliphatic heterocycles. The minimum Gasteiger partial charge on any atom is -0.480 e. The molecule has 0 radical (unpaired) electrons. The zero-order chi connectivity index (χ0) is 18.5. The topological polar surface area (TPSA) is 113 Å². The molecular formula is C16H24N2O5S. The molecule has 1 aromatic carbocycles. The number of rotatable bonds is 8. The quantitative estimate of drug-likeness (QED) is 0.655. The molecule has 7 nitrogen and oxygen atoms in total. The van der Waals surface area contributed by atoms with Crippen LogP contribution in [0.4, 0.5) is 0 Å². The molecule has 0 bridgehead atoms. The number of carboxylic acid groups (broad SMARTS) is 1. The predicted molar refractivity (Wildman–Crippen MR) is 90.2 cm³/mol. The number of amides is 1. The van der Waals surface area contributed by atoms with E-state index in [1.165, 1.54) is 24.3 Å². The summed E-state index contributed by atoms with van der Waals surface area (Å²) in [7, 11) is -3.64. The van der Waals surface area contributed by atoms with Gasteiger partial charge in [-0.15, -0.1) is 0 Å². The van der Waals surface area contributed by atoms with Crippen LogP contribution in [0.5, 0.6) is 0 Å². The lowest BCUT2D eigenvalue weighted by molar-refractivity contribution is -0.140. The molecule has 0 fully saturated rings. The Morgan fingerprint density at radius 3 is 2.08 bits per heavy atom. The number of hydrogen-bond acceptors (Lipinski definition) is 4. The molecule has 3 N–H and O–H groups in total. The molecule has 134 valence electrons. The van der Waals surface area contributed by atoms with Crippen LogP contribution in [0.15, 0.2) is 29.2 Å². The van der Waals surface area contributed by atoms with E-state index in [9.17, 15) is 18.0 Å². The number of sulfonamides is 1. The van der Waals surface area contributed by atoms with E-state index >= 15 is 0 Å². The molecule has 2 unspecified atom stereocenters. The normalized spacial score (nSPS) is 14.2. The van der Waals surface area contributed by atoms with E-state index in [-0.39, 0.29) is 22.4 Å². The molecule has 8 heteroatoms. The summed E-state index contributed by atoms with van der Waals surface area (Å²) < 4.78 is 26.8.